The monoisotopic (exact) mass is 858 g/mol. The van der Waals surface area contributed by atoms with Gasteiger partial charge in [-0.25, -0.2) is 4.98 Å². The van der Waals surface area contributed by atoms with Crippen molar-refractivity contribution in [3.63, 3.8) is 0 Å². The van der Waals surface area contributed by atoms with E-state index >= 15 is 0 Å². The minimum absolute atomic E-state index is 0. The molecule has 8 rings (SSSR count). The van der Waals surface area contributed by atoms with Crippen LogP contribution in [0.4, 0.5) is 0 Å². The fraction of sp³-hybridized carbons (Fsp3) is 0.213. The van der Waals surface area contributed by atoms with E-state index in [-0.39, 0.29) is 20.1 Å². The Balaban J connectivity index is 0.000000175. The summed E-state index contributed by atoms with van der Waals surface area (Å²) in [7, 11) is 0. The summed E-state index contributed by atoms with van der Waals surface area (Å²) in [4.78, 5) is 13.8. The summed E-state index contributed by atoms with van der Waals surface area (Å²) in [6, 6.07) is 38.4. The van der Waals surface area contributed by atoms with E-state index in [0.29, 0.717) is 5.41 Å². The van der Waals surface area contributed by atoms with Crippen LogP contribution in [0, 0.1) is 52.2 Å². The minimum atomic E-state index is 0. The van der Waals surface area contributed by atoms with Crippen LogP contribution in [0.15, 0.2) is 108 Å². The predicted octanol–water partition coefficient (Wildman–Crippen LogP) is 12.3. The van der Waals surface area contributed by atoms with E-state index in [1.165, 1.54) is 33.4 Å². The number of benzene rings is 4. The van der Waals surface area contributed by atoms with Crippen molar-refractivity contribution in [2.24, 2.45) is 5.41 Å². The van der Waals surface area contributed by atoms with Crippen molar-refractivity contribution in [3.05, 3.63) is 149 Å². The zero-order chi connectivity index (χ0) is 35.9. The standard InChI is InChI=1S/C25H28N.C22H15N2O.Ir/c1-17-7-10-22(24-13-18(2)19(3)16-26-24)14-23(17)21-11-8-20(9-12-21)15-25(4,5)6;1-13-6-11-19(23-12-13)18-5-3-4-16-17-10-9-15-8-7-14(2)24-20(15)22(17)25-21(16)18;/h7-9,11-14,16H,15H2,1-6H3;3-4,6-12H,1-2H3;/q2*-1;. The molecule has 0 unspecified atom stereocenters. The van der Waals surface area contributed by atoms with Gasteiger partial charge < -0.3 is 14.4 Å². The summed E-state index contributed by atoms with van der Waals surface area (Å²) < 4.78 is 6.30. The Morgan fingerprint density at radius 3 is 2.12 bits per heavy atom. The molecule has 0 saturated carbocycles. The van der Waals surface area contributed by atoms with E-state index in [2.05, 4.69) is 130 Å². The summed E-state index contributed by atoms with van der Waals surface area (Å²) >= 11 is 0. The molecular weight excluding hydrogens is 815 g/mol. The molecule has 0 bridgehead atoms. The van der Waals surface area contributed by atoms with Crippen LogP contribution in [0.2, 0.25) is 0 Å². The van der Waals surface area contributed by atoms with Crippen LogP contribution < -0.4 is 0 Å². The summed E-state index contributed by atoms with van der Waals surface area (Å²) in [5.74, 6) is 0. The molecule has 263 valence electrons. The van der Waals surface area contributed by atoms with E-state index in [4.69, 9.17) is 9.40 Å². The molecule has 4 aromatic heterocycles. The van der Waals surface area contributed by atoms with Gasteiger partial charge in [0, 0.05) is 49.0 Å². The largest absolute Gasteiger partial charge is 0.498 e. The van der Waals surface area contributed by atoms with E-state index in [9.17, 15) is 0 Å². The molecule has 0 fully saturated rings. The number of aryl methyl sites for hydroxylation is 5. The van der Waals surface area contributed by atoms with Crippen molar-refractivity contribution in [1.29, 1.82) is 0 Å². The summed E-state index contributed by atoms with van der Waals surface area (Å²) in [6.45, 7) is 17.2. The second kappa shape index (κ2) is 14.9. The van der Waals surface area contributed by atoms with Crippen LogP contribution in [0.5, 0.6) is 0 Å². The zero-order valence-electron chi connectivity index (χ0n) is 31.1. The van der Waals surface area contributed by atoms with Gasteiger partial charge in [-0.2, -0.15) is 0 Å². The maximum Gasteiger partial charge on any atom is 0.147 e. The summed E-state index contributed by atoms with van der Waals surface area (Å²) in [5, 5.41) is 3.22. The molecule has 0 aliphatic heterocycles. The summed E-state index contributed by atoms with van der Waals surface area (Å²) in [5.41, 5.74) is 16.3. The van der Waals surface area contributed by atoms with Gasteiger partial charge in [0.2, 0.25) is 0 Å². The van der Waals surface area contributed by atoms with Gasteiger partial charge in [0.15, 0.2) is 0 Å². The number of pyridine rings is 3. The fourth-order valence-corrected chi connectivity index (χ4v) is 6.49. The Labute approximate surface area is 320 Å². The Hall–Kier alpha value is -4.96. The smallest absolute Gasteiger partial charge is 0.147 e. The first-order chi connectivity index (χ1) is 24.4. The Bertz CT molecular complexity index is 2520. The van der Waals surface area contributed by atoms with Crippen LogP contribution in [-0.2, 0) is 26.5 Å². The maximum atomic E-state index is 6.30. The Morgan fingerprint density at radius 1 is 0.673 bits per heavy atom. The molecule has 4 heterocycles. The van der Waals surface area contributed by atoms with Crippen molar-refractivity contribution in [2.75, 3.05) is 0 Å². The molecule has 0 atom stereocenters. The molecule has 0 spiro atoms. The second-order valence-electron chi connectivity index (χ2n) is 14.9. The predicted molar refractivity (Wildman–Crippen MR) is 212 cm³/mol. The fourth-order valence-electron chi connectivity index (χ4n) is 6.49. The molecule has 0 N–H and O–H groups in total. The molecule has 0 saturated heterocycles. The van der Waals surface area contributed by atoms with E-state index < -0.39 is 0 Å². The molecule has 4 aromatic carbocycles. The Morgan fingerprint density at radius 2 is 1.40 bits per heavy atom. The second-order valence-corrected chi connectivity index (χ2v) is 14.9. The Kier molecular flexibility index (Phi) is 10.6. The number of rotatable bonds is 4. The molecular formula is C47H43IrN3O-2. The first-order valence-corrected chi connectivity index (χ1v) is 17.5. The van der Waals surface area contributed by atoms with E-state index in [1.54, 1.807) is 0 Å². The molecule has 8 aromatic rings. The van der Waals surface area contributed by atoms with Gasteiger partial charge in [-0.15, -0.1) is 47.5 Å². The van der Waals surface area contributed by atoms with E-state index in [0.717, 1.165) is 73.0 Å². The maximum absolute atomic E-state index is 6.30. The minimum Gasteiger partial charge on any atom is -0.498 e. The van der Waals surface area contributed by atoms with Gasteiger partial charge in [-0.1, -0.05) is 110 Å². The van der Waals surface area contributed by atoms with Crippen molar-refractivity contribution in [2.45, 2.75) is 61.8 Å². The van der Waals surface area contributed by atoms with Gasteiger partial charge in [0.05, 0.1) is 5.58 Å². The van der Waals surface area contributed by atoms with Crippen LogP contribution in [-0.4, -0.2) is 15.0 Å². The van der Waals surface area contributed by atoms with Gasteiger partial charge in [0.25, 0.3) is 0 Å². The third-order valence-electron chi connectivity index (χ3n) is 9.37. The van der Waals surface area contributed by atoms with Crippen molar-refractivity contribution in [1.82, 2.24) is 15.0 Å². The average Bonchev–Trinajstić information content (AvgIpc) is 3.50. The summed E-state index contributed by atoms with van der Waals surface area (Å²) in [6.07, 6.45) is 4.90. The molecule has 4 nitrogen and oxygen atoms in total. The average molecular weight is 858 g/mol. The van der Waals surface area contributed by atoms with Crippen molar-refractivity contribution < 1.29 is 24.5 Å². The van der Waals surface area contributed by atoms with Crippen LogP contribution in [0.1, 0.15) is 54.3 Å². The normalized spacial score (nSPS) is 11.4. The van der Waals surface area contributed by atoms with Gasteiger partial charge >= 0.3 is 0 Å². The number of hydrogen-bond acceptors (Lipinski definition) is 4. The number of nitrogens with zero attached hydrogens (tertiary/aromatic N) is 3. The topological polar surface area (TPSA) is 51.8 Å². The zero-order valence-corrected chi connectivity index (χ0v) is 33.5. The molecule has 52 heavy (non-hydrogen) atoms. The number of furan rings is 1. The number of hydrogen-bond donors (Lipinski definition) is 0. The van der Waals surface area contributed by atoms with Gasteiger partial charge in [-0.05, 0) is 79.2 Å². The number of aromatic nitrogens is 3. The first-order valence-electron chi connectivity index (χ1n) is 17.5. The van der Waals surface area contributed by atoms with Crippen molar-refractivity contribution >= 4 is 32.8 Å². The van der Waals surface area contributed by atoms with Gasteiger partial charge in [-0.3, -0.25) is 0 Å². The quantitative estimate of drug-likeness (QED) is 0.165. The molecule has 1 radical (unpaired) electrons. The third kappa shape index (κ3) is 7.77. The molecule has 0 aliphatic rings. The number of fused-ring (bicyclic) bond motifs is 5. The first kappa shape index (κ1) is 36.8. The van der Waals surface area contributed by atoms with Gasteiger partial charge in [0.1, 0.15) is 11.1 Å². The van der Waals surface area contributed by atoms with Crippen LogP contribution >= 0.6 is 0 Å². The third-order valence-corrected chi connectivity index (χ3v) is 9.37. The molecule has 0 amide bonds. The van der Waals surface area contributed by atoms with Crippen molar-refractivity contribution in [3.8, 4) is 33.6 Å². The SMILES string of the molecule is Cc1ccc(-c2[c-]ccc3c2oc2c3ccc3ccc(C)nc32)nc1.Cc1cnc(-c2[c-]cc(C)c(-c3ccc(CC(C)(C)C)cc3)c2)cc1C.[Ir]. The van der Waals surface area contributed by atoms with Crippen LogP contribution in [0.3, 0.4) is 0 Å². The van der Waals surface area contributed by atoms with Crippen LogP contribution in [0.25, 0.3) is 66.5 Å². The molecule has 5 heteroatoms. The molecule has 0 aliphatic carbocycles. The van der Waals surface area contributed by atoms with E-state index in [1.807, 2.05) is 50.5 Å².